The summed E-state index contributed by atoms with van der Waals surface area (Å²) in [5.41, 5.74) is 1.31. The Morgan fingerprint density at radius 3 is 2.40 bits per heavy atom. The maximum Gasteiger partial charge on any atom is 0.229 e. The van der Waals surface area contributed by atoms with E-state index < -0.39 is 10.0 Å². The van der Waals surface area contributed by atoms with Crippen molar-refractivity contribution < 1.29 is 8.42 Å². The molecular formula is C13H15BrN2O2S2. The Hall–Kier alpha value is -1.05. The van der Waals surface area contributed by atoms with Crippen LogP contribution in [0.5, 0.6) is 0 Å². The summed E-state index contributed by atoms with van der Waals surface area (Å²) in [6.07, 6.45) is 1.14. The van der Waals surface area contributed by atoms with Crippen molar-refractivity contribution in [2.45, 2.75) is 13.0 Å². The lowest BCUT2D eigenvalue weighted by Gasteiger charge is -2.18. The molecule has 0 fully saturated rings. The van der Waals surface area contributed by atoms with Crippen molar-refractivity contribution in [2.24, 2.45) is 0 Å². The summed E-state index contributed by atoms with van der Waals surface area (Å²) in [6, 6.07) is 9.33. The third kappa shape index (κ3) is 3.97. The van der Waals surface area contributed by atoms with E-state index in [1.54, 1.807) is 23.5 Å². The number of rotatable bonds is 5. The average molecular weight is 375 g/mol. The SMILES string of the molecule is CC(Nc1ccccc1NS(C)(=O)=O)c1sccc1Br. The van der Waals surface area contributed by atoms with Gasteiger partial charge in [0.15, 0.2) is 0 Å². The minimum Gasteiger partial charge on any atom is -0.376 e. The highest BCUT2D eigenvalue weighted by Crippen LogP contribution is 2.33. The molecule has 7 heteroatoms. The van der Waals surface area contributed by atoms with Crippen LogP contribution in [0.25, 0.3) is 0 Å². The first kappa shape index (κ1) is 15.3. The molecule has 2 N–H and O–H groups in total. The smallest absolute Gasteiger partial charge is 0.229 e. The lowest BCUT2D eigenvalue weighted by molar-refractivity contribution is 0.607. The number of benzene rings is 1. The molecule has 0 aliphatic carbocycles. The van der Waals surface area contributed by atoms with E-state index in [0.717, 1.165) is 16.4 Å². The largest absolute Gasteiger partial charge is 0.376 e. The van der Waals surface area contributed by atoms with Crippen LogP contribution in [-0.2, 0) is 10.0 Å². The molecular weight excluding hydrogens is 360 g/mol. The third-order valence-electron chi connectivity index (χ3n) is 2.63. The molecule has 0 amide bonds. The topological polar surface area (TPSA) is 58.2 Å². The zero-order chi connectivity index (χ0) is 14.8. The standard InChI is InChI=1S/C13H15BrN2O2S2/c1-9(13-10(14)7-8-19-13)15-11-5-3-4-6-12(11)16-20(2,17)18/h3-9,15-16H,1-2H3. The van der Waals surface area contributed by atoms with E-state index >= 15 is 0 Å². The summed E-state index contributed by atoms with van der Waals surface area (Å²) in [5.74, 6) is 0. The van der Waals surface area contributed by atoms with Gasteiger partial charge in [-0.2, -0.15) is 0 Å². The molecule has 2 aromatic rings. The van der Waals surface area contributed by atoms with Crippen molar-refractivity contribution in [2.75, 3.05) is 16.3 Å². The molecule has 0 aliphatic heterocycles. The number of halogens is 1. The minimum absolute atomic E-state index is 0.0758. The van der Waals surface area contributed by atoms with Crippen LogP contribution >= 0.6 is 27.3 Å². The van der Waals surface area contributed by atoms with Gasteiger partial charge >= 0.3 is 0 Å². The number of anilines is 2. The molecule has 0 bridgehead atoms. The molecule has 1 atom stereocenters. The zero-order valence-corrected chi connectivity index (χ0v) is 14.3. The summed E-state index contributed by atoms with van der Waals surface area (Å²) in [4.78, 5) is 1.17. The van der Waals surface area contributed by atoms with Gasteiger partial charge in [0, 0.05) is 9.35 Å². The molecule has 0 saturated heterocycles. The molecule has 1 aromatic heterocycles. The average Bonchev–Trinajstić information content (AvgIpc) is 2.76. The molecule has 1 heterocycles. The maximum absolute atomic E-state index is 11.4. The van der Waals surface area contributed by atoms with Crippen molar-refractivity contribution in [3.05, 3.63) is 45.1 Å². The highest BCUT2D eigenvalue weighted by atomic mass is 79.9. The van der Waals surface area contributed by atoms with Gasteiger partial charge in [0.1, 0.15) is 0 Å². The predicted molar refractivity (Wildman–Crippen MR) is 89.0 cm³/mol. The number of sulfonamides is 1. The molecule has 0 spiro atoms. The van der Waals surface area contributed by atoms with Crippen LogP contribution in [0.15, 0.2) is 40.2 Å². The van der Waals surface area contributed by atoms with E-state index in [0.29, 0.717) is 5.69 Å². The van der Waals surface area contributed by atoms with Crippen LogP contribution in [-0.4, -0.2) is 14.7 Å². The molecule has 1 aromatic carbocycles. The Labute approximate surface area is 131 Å². The van der Waals surface area contributed by atoms with Gasteiger partial charge in [-0.1, -0.05) is 12.1 Å². The van der Waals surface area contributed by atoms with E-state index in [1.165, 1.54) is 4.88 Å². The van der Waals surface area contributed by atoms with Crippen molar-refractivity contribution in [1.82, 2.24) is 0 Å². The Morgan fingerprint density at radius 1 is 1.20 bits per heavy atom. The van der Waals surface area contributed by atoms with E-state index in [-0.39, 0.29) is 6.04 Å². The molecule has 108 valence electrons. The molecule has 0 aliphatic rings. The van der Waals surface area contributed by atoms with Gasteiger partial charge in [-0.25, -0.2) is 8.42 Å². The van der Waals surface area contributed by atoms with E-state index in [2.05, 4.69) is 26.0 Å². The normalized spacial score (nSPS) is 12.9. The Balaban J connectivity index is 2.23. The molecule has 0 radical (unpaired) electrons. The van der Waals surface area contributed by atoms with Crippen LogP contribution in [0.1, 0.15) is 17.8 Å². The van der Waals surface area contributed by atoms with Gasteiger partial charge in [-0.15, -0.1) is 11.3 Å². The maximum atomic E-state index is 11.4. The highest BCUT2D eigenvalue weighted by molar-refractivity contribution is 9.10. The molecule has 20 heavy (non-hydrogen) atoms. The molecule has 2 rings (SSSR count). The first-order chi connectivity index (χ1) is 9.37. The number of para-hydroxylation sites is 2. The highest BCUT2D eigenvalue weighted by Gasteiger charge is 2.13. The number of nitrogens with one attached hydrogen (secondary N) is 2. The van der Waals surface area contributed by atoms with Gasteiger partial charge in [0.2, 0.25) is 10.0 Å². The Bertz CT molecular complexity index is 698. The summed E-state index contributed by atoms with van der Waals surface area (Å²) in [6.45, 7) is 2.04. The van der Waals surface area contributed by atoms with Gasteiger partial charge in [0.25, 0.3) is 0 Å². The van der Waals surface area contributed by atoms with Crippen molar-refractivity contribution >= 4 is 48.7 Å². The third-order valence-corrected chi connectivity index (χ3v) is 5.28. The monoisotopic (exact) mass is 374 g/mol. The lowest BCUT2D eigenvalue weighted by atomic mass is 10.2. The van der Waals surface area contributed by atoms with Crippen LogP contribution in [0, 0.1) is 0 Å². The van der Waals surface area contributed by atoms with Gasteiger partial charge in [0.05, 0.1) is 23.7 Å². The fourth-order valence-corrected chi connectivity index (χ4v) is 4.11. The Morgan fingerprint density at radius 2 is 1.85 bits per heavy atom. The fraction of sp³-hybridized carbons (Fsp3) is 0.231. The second kappa shape index (κ2) is 6.15. The van der Waals surface area contributed by atoms with Gasteiger partial charge in [-0.05, 0) is 46.4 Å². The molecule has 1 unspecified atom stereocenters. The minimum atomic E-state index is -3.29. The number of thiophene rings is 1. The van der Waals surface area contributed by atoms with E-state index in [9.17, 15) is 8.42 Å². The van der Waals surface area contributed by atoms with E-state index in [4.69, 9.17) is 0 Å². The van der Waals surface area contributed by atoms with Crippen LogP contribution in [0.2, 0.25) is 0 Å². The first-order valence-corrected chi connectivity index (χ1v) is 9.49. The second-order valence-electron chi connectivity index (χ2n) is 4.42. The first-order valence-electron chi connectivity index (χ1n) is 5.93. The van der Waals surface area contributed by atoms with Crippen LogP contribution in [0.3, 0.4) is 0 Å². The molecule has 0 saturated carbocycles. The summed E-state index contributed by atoms with van der Waals surface area (Å²) >= 11 is 5.15. The molecule has 4 nitrogen and oxygen atoms in total. The van der Waals surface area contributed by atoms with E-state index in [1.807, 2.05) is 30.5 Å². The van der Waals surface area contributed by atoms with Crippen molar-refractivity contribution in [3.8, 4) is 0 Å². The quantitative estimate of drug-likeness (QED) is 0.829. The summed E-state index contributed by atoms with van der Waals surface area (Å²) in [5, 5.41) is 5.34. The van der Waals surface area contributed by atoms with Crippen LogP contribution in [0.4, 0.5) is 11.4 Å². The van der Waals surface area contributed by atoms with Crippen molar-refractivity contribution in [1.29, 1.82) is 0 Å². The van der Waals surface area contributed by atoms with Crippen molar-refractivity contribution in [3.63, 3.8) is 0 Å². The zero-order valence-electron chi connectivity index (χ0n) is 11.1. The summed E-state index contributed by atoms with van der Waals surface area (Å²) in [7, 11) is -3.29. The number of hydrogen-bond acceptors (Lipinski definition) is 4. The second-order valence-corrected chi connectivity index (χ2v) is 7.97. The predicted octanol–water partition coefficient (Wildman–Crippen LogP) is 4.06. The Kier molecular flexibility index (Phi) is 4.72. The summed E-state index contributed by atoms with van der Waals surface area (Å²) < 4.78 is 26.3. The number of hydrogen-bond donors (Lipinski definition) is 2. The van der Waals surface area contributed by atoms with Gasteiger partial charge < -0.3 is 5.32 Å². The fourth-order valence-electron chi connectivity index (χ4n) is 1.81. The van der Waals surface area contributed by atoms with Gasteiger partial charge in [-0.3, -0.25) is 4.72 Å². The lowest BCUT2D eigenvalue weighted by Crippen LogP contribution is -2.13. The van der Waals surface area contributed by atoms with Crippen LogP contribution < -0.4 is 10.0 Å².